The smallest absolute Gasteiger partial charge is 0.257 e. The first-order chi connectivity index (χ1) is 9.10. The van der Waals surface area contributed by atoms with Crippen LogP contribution >= 0.6 is 0 Å². The summed E-state index contributed by atoms with van der Waals surface area (Å²) < 4.78 is 13.2. The first kappa shape index (κ1) is 13.1. The number of hydrogen-bond donors (Lipinski definition) is 2. The van der Waals surface area contributed by atoms with E-state index in [1.165, 1.54) is 12.1 Å². The lowest BCUT2D eigenvalue weighted by molar-refractivity contribution is 0.102. The molecule has 0 bridgehead atoms. The molecule has 1 amide bonds. The van der Waals surface area contributed by atoms with Crippen molar-refractivity contribution in [3.8, 4) is 0 Å². The van der Waals surface area contributed by atoms with E-state index in [1.54, 1.807) is 19.2 Å². The van der Waals surface area contributed by atoms with Gasteiger partial charge in [-0.1, -0.05) is 12.1 Å². The molecule has 4 heteroatoms. The van der Waals surface area contributed by atoms with E-state index in [2.05, 4.69) is 10.6 Å². The number of nitrogens with one attached hydrogen (secondary N) is 2. The molecular weight excluding hydrogens is 243 g/mol. The quantitative estimate of drug-likeness (QED) is 0.885. The molecule has 3 nitrogen and oxygen atoms in total. The van der Waals surface area contributed by atoms with Gasteiger partial charge in [0.1, 0.15) is 5.82 Å². The largest absolute Gasteiger partial charge is 0.387 e. The van der Waals surface area contributed by atoms with Gasteiger partial charge in [-0.25, -0.2) is 4.39 Å². The van der Waals surface area contributed by atoms with Crippen molar-refractivity contribution in [3.05, 3.63) is 59.4 Å². The van der Waals surface area contributed by atoms with Crippen LogP contribution in [0.2, 0.25) is 0 Å². The molecule has 0 saturated carbocycles. The molecular formula is C15H15FN2O. The third kappa shape index (κ3) is 3.10. The molecule has 19 heavy (non-hydrogen) atoms. The first-order valence-corrected chi connectivity index (χ1v) is 5.95. The minimum Gasteiger partial charge on any atom is -0.387 e. The van der Waals surface area contributed by atoms with Gasteiger partial charge in [0.2, 0.25) is 0 Å². The van der Waals surface area contributed by atoms with Crippen LogP contribution < -0.4 is 10.6 Å². The van der Waals surface area contributed by atoms with E-state index in [-0.39, 0.29) is 11.5 Å². The van der Waals surface area contributed by atoms with Crippen LogP contribution in [0.5, 0.6) is 0 Å². The van der Waals surface area contributed by atoms with Gasteiger partial charge < -0.3 is 10.6 Å². The molecule has 0 spiro atoms. The number of carbonyl (C=O) groups is 1. The summed E-state index contributed by atoms with van der Waals surface area (Å²) in [4.78, 5) is 12.1. The molecule has 0 saturated heterocycles. The number of carbonyl (C=O) groups excluding carboxylic acids is 1. The summed E-state index contributed by atoms with van der Waals surface area (Å²) in [5.74, 6) is -0.775. The van der Waals surface area contributed by atoms with Gasteiger partial charge in [0.25, 0.3) is 5.91 Å². The maximum atomic E-state index is 13.2. The van der Waals surface area contributed by atoms with E-state index in [1.807, 2.05) is 25.1 Å². The Morgan fingerprint density at radius 1 is 1.16 bits per heavy atom. The number of benzene rings is 2. The molecule has 0 radical (unpaired) electrons. The van der Waals surface area contributed by atoms with Crippen molar-refractivity contribution in [3.63, 3.8) is 0 Å². The molecule has 2 aromatic rings. The van der Waals surface area contributed by atoms with Crippen molar-refractivity contribution >= 4 is 17.3 Å². The molecule has 0 fully saturated rings. The predicted molar refractivity (Wildman–Crippen MR) is 75.1 cm³/mol. The summed E-state index contributed by atoms with van der Waals surface area (Å²) in [6, 6.07) is 11.5. The second-order valence-corrected chi connectivity index (χ2v) is 4.26. The highest BCUT2D eigenvalue weighted by Gasteiger charge is 2.12. The fraction of sp³-hybridized carbons (Fsp3) is 0.133. The van der Waals surface area contributed by atoms with E-state index in [0.717, 1.165) is 5.56 Å². The molecule has 0 aliphatic rings. The molecule has 0 atom stereocenters. The van der Waals surface area contributed by atoms with Gasteiger partial charge in [-0.15, -0.1) is 0 Å². The summed E-state index contributed by atoms with van der Waals surface area (Å²) in [7, 11) is 1.69. The zero-order valence-corrected chi connectivity index (χ0v) is 10.8. The van der Waals surface area contributed by atoms with Gasteiger partial charge in [0.05, 0.1) is 5.56 Å². The van der Waals surface area contributed by atoms with Crippen LogP contribution in [-0.4, -0.2) is 13.0 Å². The van der Waals surface area contributed by atoms with Gasteiger partial charge in [-0.3, -0.25) is 4.79 Å². The molecule has 0 heterocycles. The number of amides is 1. The summed E-state index contributed by atoms with van der Waals surface area (Å²) in [6.07, 6.45) is 0. The Kier molecular flexibility index (Phi) is 3.80. The fourth-order valence-electron chi connectivity index (χ4n) is 1.84. The SMILES string of the molecule is CNc1ccc(F)cc1C(=O)Nc1cccc(C)c1. The highest BCUT2D eigenvalue weighted by Crippen LogP contribution is 2.19. The van der Waals surface area contributed by atoms with Crippen molar-refractivity contribution in [1.29, 1.82) is 0 Å². The van der Waals surface area contributed by atoms with E-state index >= 15 is 0 Å². The van der Waals surface area contributed by atoms with Crippen LogP contribution in [0.3, 0.4) is 0 Å². The van der Waals surface area contributed by atoms with Gasteiger partial charge >= 0.3 is 0 Å². The molecule has 0 aromatic heterocycles. The Morgan fingerprint density at radius 2 is 1.95 bits per heavy atom. The minimum atomic E-state index is -0.437. The number of rotatable bonds is 3. The summed E-state index contributed by atoms with van der Waals surface area (Å²) in [5.41, 5.74) is 2.61. The van der Waals surface area contributed by atoms with Crippen LogP contribution in [-0.2, 0) is 0 Å². The summed E-state index contributed by atoms with van der Waals surface area (Å²) in [6.45, 7) is 1.94. The van der Waals surface area contributed by atoms with E-state index in [4.69, 9.17) is 0 Å². The third-order valence-corrected chi connectivity index (χ3v) is 2.77. The lowest BCUT2D eigenvalue weighted by Gasteiger charge is -2.10. The second kappa shape index (κ2) is 5.52. The molecule has 98 valence electrons. The Labute approximate surface area is 111 Å². The van der Waals surface area contributed by atoms with Crippen molar-refractivity contribution in [1.82, 2.24) is 0 Å². The van der Waals surface area contributed by atoms with Crippen LogP contribution in [0.25, 0.3) is 0 Å². The number of halogens is 1. The lowest BCUT2D eigenvalue weighted by atomic mass is 10.1. The molecule has 0 aliphatic heterocycles. The van der Waals surface area contributed by atoms with Crippen molar-refractivity contribution in [2.75, 3.05) is 17.7 Å². The van der Waals surface area contributed by atoms with Gasteiger partial charge in [0, 0.05) is 18.4 Å². The van der Waals surface area contributed by atoms with E-state index in [0.29, 0.717) is 11.4 Å². The molecule has 2 rings (SSSR count). The predicted octanol–water partition coefficient (Wildman–Crippen LogP) is 3.43. The Balaban J connectivity index is 2.27. The zero-order valence-electron chi connectivity index (χ0n) is 10.8. The van der Waals surface area contributed by atoms with Crippen molar-refractivity contribution in [2.45, 2.75) is 6.92 Å². The number of anilines is 2. The zero-order chi connectivity index (χ0) is 13.8. The highest BCUT2D eigenvalue weighted by atomic mass is 19.1. The maximum absolute atomic E-state index is 13.2. The Bertz CT molecular complexity index is 611. The lowest BCUT2D eigenvalue weighted by Crippen LogP contribution is -2.14. The normalized spacial score (nSPS) is 10.1. The topological polar surface area (TPSA) is 41.1 Å². The van der Waals surface area contributed by atoms with Crippen LogP contribution in [0.1, 0.15) is 15.9 Å². The maximum Gasteiger partial charge on any atom is 0.257 e. The monoisotopic (exact) mass is 258 g/mol. The van der Waals surface area contributed by atoms with E-state index in [9.17, 15) is 9.18 Å². The van der Waals surface area contributed by atoms with Crippen LogP contribution in [0.4, 0.5) is 15.8 Å². The first-order valence-electron chi connectivity index (χ1n) is 5.95. The number of aryl methyl sites for hydroxylation is 1. The average molecular weight is 258 g/mol. The minimum absolute atomic E-state index is 0.281. The molecule has 0 unspecified atom stereocenters. The van der Waals surface area contributed by atoms with Crippen LogP contribution in [0, 0.1) is 12.7 Å². The summed E-state index contributed by atoms with van der Waals surface area (Å²) >= 11 is 0. The Hall–Kier alpha value is -2.36. The highest BCUT2D eigenvalue weighted by molar-refractivity contribution is 6.08. The van der Waals surface area contributed by atoms with Crippen molar-refractivity contribution < 1.29 is 9.18 Å². The second-order valence-electron chi connectivity index (χ2n) is 4.26. The molecule has 2 N–H and O–H groups in total. The van der Waals surface area contributed by atoms with Gasteiger partial charge in [0.15, 0.2) is 0 Å². The van der Waals surface area contributed by atoms with E-state index < -0.39 is 5.82 Å². The van der Waals surface area contributed by atoms with Gasteiger partial charge in [-0.05, 0) is 42.8 Å². The molecule has 0 aliphatic carbocycles. The number of hydrogen-bond acceptors (Lipinski definition) is 2. The van der Waals surface area contributed by atoms with Gasteiger partial charge in [-0.2, -0.15) is 0 Å². The van der Waals surface area contributed by atoms with Crippen molar-refractivity contribution in [2.24, 2.45) is 0 Å². The standard InChI is InChI=1S/C15H15FN2O/c1-10-4-3-5-12(8-10)18-15(19)13-9-11(16)6-7-14(13)17-2/h3-9,17H,1-2H3,(H,18,19). The average Bonchev–Trinajstić information content (AvgIpc) is 2.38. The van der Waals surface area contributed by atoms with Crippen LogP contribution in [0.15, 0.2) is 42.5 Å². The summed E-state index contributed by atoms with van der Waals surface area (Å²) in [5, 5.41) is 5.63. The third-order valence-electron chi connectivity index (χ3n) is 2.77. The fourth-order valence-corrected chi connectivity index (χ4v) is 1.84. The Morgan fingerprint density at radius 3 is 2.63 bits per heavy atom. The molecule has 2 aromatic carbocycles.